The van der Waals surface area contributed by atoms with Crippen molar-refractivity contribution < 1.29 is 45.9 Å². The normalized spacial score (nSPS) is 12.7. The summed E-state index contributed by atoms with van der Waals surface area (Å²) in [4.78, 5) is 13.9. The zero-order valence-electron chi connectivity index (χ0n) is 43.8. The first-order valence-corrected chi connectivity index (χ1v) is 22.6. The van der Waals surface area contributed by atoms with Gasteiger partial charge in [-0.15, -0.1) is 71.8 Å². The van der Waals surface area contributed by atoms with E-state index in [2.05, 4.69) is 76.7 Å². The largest absolute Gasteiger partial charge is 3.00 e. The smallest absolute Gasteiger partial charge is 0.304 e. The van der Waals surface area contributed by atoms with Crippen LogP contribution in [0.3, 0.4) is 0 Å². The SMILES string of the molecule is [2H]C([2H])([2H])c1cc(-c2[c-]cc(F)cc2)ncc1CCc1cc(CCc2cnc(-c3[c-]cc(F)cc3F)cc2C([2H])([2H])[2H])cc(-c2ccccc2-c2cnc(-c3[c-]cc(F)cc3)cc2-c2ccc(-c3ccccc3)cc2)c1.[Ir+3]. The van der Waals surface area contributed by atoms with Crippen molar-refractivity contribution in [1.29, 1.82) is 0 Å². The van der Waals surface area contributed by atoms with Crippen LogP contribution in [0, 0.1) is 55.2 Å². The molecule has 0 atom stereocenters. The average Bonchev–Trinajstić information content (AvgIpc) is 3.43. The van der Waals surface area contributed by atoms with E-state index in [0.717, 1.165) is 61.7 Å². The van der Waals surface area contributed by atoms with E-state index in [1.165, 1.54) is 48.7 Å². The number of aryl methyl sites for hydroxylation is 6. The van der Waals surface area contributed by atoms with E-state index in [-0.39, 0.29) is 48.9 Å². The van der Waals surface area contributed by atoms with E-state index in [1.807, 2.05) is 60.8 Å². The van der Waals surface area contributed by atoms with Crippen LogP contribution in [0.1, 0.15) is 41.6 Å². The van der Waals surface area contributed by atoms with Crippen molar-refractivity contribution in [2.45, 2.75) is 39.4 Å². The van der Waals surface area contributed by atoms with Gasteiger partial charge in [0.15, 0.2) is 0 Å². The Morgan fingerprint density at radius 1 is 0.423 bits per heavy atom. The Bertz CT molecular complexity index is 3720. The van der Waals surface area contributed by atoms with Crippen molar-refractivity contribution in [1.82, 2.24) is 15.0 Å². The monoisotopic (exact) mass is 1120 g/mol. The molecule has 0 aliphatic heterocycles. The fraction of sp³-hybridized carbons (Fsp3) is 0.0952. The number of rotatable bonds is 13. The number of hydrogen-bond donors (Lipinski definition) is 0. The summed E-state index contributed by atoms with van der Waals surface area (Å²) in [5, 5.41) is 0. The minimum atomic E-state index is -2.60. The molecule has 10 rings (SSSR count). The number of benzene rings is 7. The average molecular weight is 1120 g/mol. The van der Waals surface area contributed by atoms with Crippen LogP contribution in [0.4, 0.5) is 17.6 Å². The van der Waals surface area contributed by atoms with Gasteiger partial charge >= 0.3 is 20.1 Å². The molecular weight excluding hydrogens is 1070 g/mol. The van der Waals surface area contributed by atoms with Crippen molar-refractivity contribution in [3.8, 4) is 78.3 Å². The van der Waals surface area contributed by atoms with Crippen molar-refractivity contribution >= 4 is 0 Å². The standard InChI is InChI=1S/C63H44F4N3.Ir/c1-40-30-61(47-20-24-52(64)25-21-47)68-37-49(40)14-12-42-32-43(13-15-50-38-69-63(31-41(50)2)57-29-28-54(66)35-60(57)67)34-51(33-42)55-10-6-7-11-56(55)59-39-70-62(48-22-26-53(65)27-23-48)36-58(59)46-18-16-45(17-19-46)44-8-4-3-5-9-44;/h3-11,16-20,22,24-28,30-39H,12-15H2,1-2H3;/q-3;+3/i1D3,2D3;. The summed E-state index contributed by atoms with van der Waals surface area (Å²) >= 11 is 0. The molecule has 0 amide bonds. The minimum absolute atomic E-state index is 0. The molecule has 0 unspecified atom stereocenters. The molecule has 348 valence electrons. The summed E-state index contributed by atoms with van der Waals surface area (Å²) in [6.45, 7) is -5.10. The maximum absolute atomic E-state index is 14.9. The van der Waals surface area contributed by atoms with Crippen LogP contribution in [0.5, 0.6) is 0 Å². The topological polar surface area (TPSA) is 38.7 Å². The third kappa shape index (κ3) is 11.1. The molecule has 0 aliphatic carbocycles. The third-order valence-electron chi connectivity index (χ3n) is 12.3. The van der Waals surface area contributed by atoms with E-state index < -0.39 is 37.0 Å². The van der Waals surface area contributed by atoms with Gasteiger partial charge in [-0.1, -0.05) is 138 Å². The first-order valence-electron chi connectivity index (χ1n) is 25.6. The molecular formula is C63H44F4IrN3. The van der Waals surface area contributed by atoms with Gasteiger partial charge < -0.3 is 15.0 Å². The molecule has 0 aliphatic rings. The maximum atomic E-state index is 14.9. The second-order valence-electron chi connectivity index (χ2n) is 17.0. The number of aromatic nitrogens is 3. The van der Waals surface area contributed by atoms with E-state index in [0.29, 0.717) is 59.0 Å². The quantitative estimate of drug-likeness (QED) is 0.0853. The molecule has 0 saturated carbocycles. The Hall–Kier alpha value is -7.64. The molecule has 3 nitrogen and oxygen atoms in total. The van der Waals surface area contributed by atoms with Crippen LogP contribution in [0.15, 0.2) is 182 Å². The molecule has 0 spiro atoms. The van der Waals surface area contributed by atoms with Gasteiger partial charge in [-0.25, -0.2) is 0 Å². The summed E-state index contributed by atoms with van der Waals surface area (Å²) in [6, 6.07) is 55.5. The number of nitrogens with zero attached hydrogens (tertiary/aromatic N) is 3. The van der Waals surface area contributed by atoms with E-state index in [4.69, 9.17) is 13.2 Å². The van der Waals surface area contributed by atoms with Crippen LogP contribution in [0.25, 0.3) is 78.3 Å². The minimum Gasteiger partial charge on any atom is -0.304 e. The molecule has 0 radical (unpaired) electrons. The van der Waals surface area contributed by atoms with Gasteiger partial charge in [0.25, 0.3) is 0 Å². The second-order valence-corrected chi connectivity index (χ2v) is 17.0. The zero-order valence-corrected chi connectivity index (χ0v) is 40.2. The first-order chi connectivity index (χ1) is 36.5. The molecule has 7 aromatic carbocycles. The number of halogens is 4. The fourth-order valence-corrected chi connectivity index (χ4v) is 8.68. The third-order valence-corrected chi connectivity index (χ3v) is 12.3. The van der Waals surface area contributed by atoms with Crippen molar-refractivity contribution in [2.24, 2.45) is 0 Å². The molecule has 0 fully saturated rings. The summed E-state index contributed by atoms with van der Waals surface area (Å²) < 4.78 is 107. The predicted molar refractivity (Wildman–Crippen MR) is 271 cm³/mol. The summed E-state index contributed by atoms with van der Waals surface area (Å²) in [7, 11) is 0. The van der Waals surface area contributed by atoms with Crippen LogP contribution in [-0.2, 0) is 45.8 Å². The van der Waals surface area contributed by atoms with E-state index >= 15 is 0 Å². The molecule has 3 heterocycles. The van der Waals surface area contributed by atoms with Gasteiger partial charge in [0.2, 0.25) is 0 Å². The molecule has 8 heteroatoms. The van der Waals surface area contributed by atoms with Crippen LogP contribution >= 0.6 is 0 Å². The van der Waals surface area contributed by atoms with Crippen LogP contribution in [-0.4, -0.2) is 15.0 Å². The van der Waals surface area contributed by atoms with Gasteiger partial charge in [-0.3, -0.25) is 17.6 Å². The molecule has 0 N–H and O–H groups in total. The fourth-order valence-electron chi connectivity index (χ4n) is 8.68. The molecule has 0 bridgehead atoms. The van der Waals surface area contributed by atoms with Gasteiger partial charge in [-0.05, 0) is 118 Å². The summed E-state index contributed by atoms with van der Waals surface area (Å²) in [5.74, 6) is -2.63. The Balaban J connectivity index is 0.00000722. The summed E-state index contributed by atoms with van der Waals surface area (Å²) in [6.07, 6.45) is 6.03. The second kappa shape index (κ2) is 21.6. The summed E-state index contributed by atoms with van der Waals surface area (Å²) in [5.41, 5.74) is 11.8. The van der Waals surface area contributed by atoms with Crippen LogP contribution < -0.4 is 0 Å². The Morgan fingerprint density at radius 2 is 0.958 bits per heavy atom. The number of hydrogen-bond acceptors (Lipinski definition) is 3. The van der Waals surface area contributed by atoms with Crippen molar-refractivity contribution in [2.75, 3.05) is 0 Å². The van der Waals surface area contributed by atoms with Crippen molar-refractivity contribution in [3.05, 3.63) is 257 Å². The molecule has 71 heavy (non-hydrogen) atoms. The predicted octanol–water partition coefficient (Wildman–Crippen LogP) is 15.7. The van der Waals surface area contributed by atoms with E-state index in [1.54, 1.807) is 12.3 Å². The molecule has 3 aromatic heterocycles. The van der Waals surface area contributed by atoms with E-state index in [9.17, 15) is 17.6 Å². The van der Waals surface area contributed by atoms with Crippen LogP contribution in [0.2, 0.25) is 0 Å². The Kier molecular flexibility index (Phi) is 12.5. The zero-order chi connectivity index (χ0) is 53.1. The first kappa shape index (κ1) is 41.2. The number of pyridine rings is 3. The van der Waals surface area contributed by atoms with Gasteiger partial charge in [-0.2, -0.15) is 0 Å². The Labute approximate surface area is 433 Å². The van der Waals surface area contributed by atoms with Crippen molar-refractivity contribution in [3.63, 3.8) is 0 Å². The maximum Gasteiger partial charge on any atom is 3.00 e. The van der Waals surface area contributed by atoms with Gasteiger partial charge in [0.05, 0.1) is 0 Å². The molecule has 0 saturated heterocycles. The Morgan fingerprint density at radius 3 is 1.56 bits per heavy atom. The molecule has 10 aromatic rings. The van der Waals surface area contributed by atoms with Gasteiger partial charge in [0.1, 0.15) is 0 Å². The van der Waals surface area contributed by atoms with Gasteiger partial charge in [0, 0.05) is 55.6 Å².